The average Bonchev–Trinajstić information content (AvgIpc) is 4.04. The molecule has 0 N–H and O–H groups in total. The van der Waals surface area contributed by atoms with Crippen molar-refractivity contribution in [2.75, 3.05) is 4.90 Å². The van der Waals surface area contributed by atoms with Crippen molar-refractivity contribution in [3.05, 3.63) is 270 Å². The van der Waals surface area contributed by atoms with E-state index in [4.69, 9.17) is 12.6 Å². The minimum absolute atomic E-state index is 0.262. The maximum atomic E-state index is 9.04. The Hall–Kier alpha value is -8.20. The topological polar surface area (TPSA) is 16.4 Å². The molecule has 13 rings (SSSR count). The summed E-state index contributed by atoms with van der Waals surface area (Å²) in [4.78, 5) is 2.14. The number of hydrogen-bond acceptors (Lipinski definition) is 2. The fraction of sp³-hybridized carbons (Fsp3) is 0.0625. The van der Waals surface area contributed by atoms with Gasteiger partial charge in [-0.1, -0.05) is 208 Å². The number of anilines is 3. The molecule has 0 amide bonds. The second-order valence-corrected chi connectivity index (χ2v) is 17.5. The van der Waals surface area contributed by atoms with Crippen LogP contribution in [0.5, 0.6) is 0 Å². The van der Waals surface area contributed by atoms with Crippen LogP contribution in [0.25, 0.3) is 66.4 Å². The molecule has 0 saturated carbocycles. The number of para-hydroxylation sites is 2. The third-order valence-corrected chi connectivity index (χ3v) is 14.0. The molecule has 0 radical (unpaired) electrons. The third kappa shape index (κ3) is 5.61. The van der Waals surface area contributed by atoms with Crippen LogP contribution in [0.2, 0.25) is 0 Å². The van der Waals surface area contributed by atoms with Crippen LogP contribution in [0.1, 0.15) is 55.3 Å². The summed E-state index contributed by atoms with van der Waals surface area (Å²) in [6.45, 7) is -5.83. The number of furan rings is 1. The molecule has 2 aliphatic carbocycles. The molecule has 0 fully saturated rings. The van der Waals surface area contributed by atoms with Crippen LogP contribution in [0.3, 0.4) is 0 Å². The largest absolute Gasteiger partial charge is 0.455 e. The van der Waals surface area contributed by atoms with E-state index in [2.05, 4.69) is 163 Å². The molecule has 312 valence electrons. The lowest BCUT2D eigenvalue weighted by molar-refractivity contribution is 0.660. The van der Waals surface area contributed by atoms with Gasteiger partial charge in [-0.3, -0.25) is 0 Å². The van der Waals surface area contributed by atoms with Gasteiger partial charge in [0, 0.05) is 47.0 Å². The highest BCUT2D eigenvalue weighted by molar-refractivity contribution is 6.09. The van der Waals surface area contributed by atoms with Crippen LogP contribution in [0, 0.1) is 0 Å². The van der Waals surface area contributed by atoms with Gasteiger partial charge >= 0.3 is 0 Å². The summed E-state index contributed by atoms with van der Waals surface area (Å²) in [5.74, 6) is 0. The first-order chi connectivity index (χ1) is 35.0. The van der Waals surface area contributed by atoms with Crippen LogP contribution in [0.15, 0.2) is 241 Å². The van der Waals surface area contributed by atoms with Gasteiger partial charge in [0.1, 0.15) is 11.2 Å². The monoisotopic (exact) mass is 849 g/mol. The van der Waals surface area contributed by atoms with E-state index in [-0.39, 0.29) is 5.56 Å². The summed E-state index contributed by atoms with van der Waals surface area (Å²) >= 11 is 0. The summed E-state index contributed by atoms with van der Waals surface area (Å²) in [7, 11) is 0. The molecule has 2 nitrogen and oxygen atoms in total. The molecule has 0 saturated heterocycles. The zero-order valence-corrected chi connectivity index (χ0v) is 35.9. The lowest BCUT2D eigenvalue weighted by atomic mass is 9.67. The highest BCUT2D eigenvalue weighted by Gasteiger charge is 2.46. The molecule has 1 unspecified atom stereocenters. The van der Waals surface area contributed by atoms with Crippen molar-refractivity contribution >= 4 is 39.0 Å². The number of nitrogens with zero attached hydrogens (tertiary/aromatic N) is 1. The maximum absolute atomic E-state index is 9.04. The lowest BCUT2D eigenvalue weighted by Crippen LogP contribution is -2.28. The van der Waals surface area contributed by atoms with Gasteiger partial charge in [0.05, 0.1) is 5.41 Å². The summed E-state index contributed by atoms with van der Waals surface area (Å²) in [6, 6.07) is 80.7. The summed E-state index contributed by atoms with van der Waals surface area (Å²) in [6.07, 6.45) is 0. The van der Waals surface area contributed by atoms with E-state index in [0.29, 0.717) is 22.4 Å². The lowest BCUT2D eigenvalue weighted by Gasteiger charge is -2.35. The molecule has 0 bridgehead atoms. The molecule has 0 spiro atoms. The predicted octanol–water partition coefficient (Wildman–Crippen LogP) is 17.1. The first kappa shape index (κ1) is 32.5. The molecule has 1 heterocycles. The third-order valence-electron chi connectivity index (χ3n) is 14.0. The Morgan fingerprint density at radius 3 is 1.62 bits per heavy atom. The molecule has 2 heteroatoms. The molecule has 11 aromatic rings. The fourth-order valence-electron chi connectivity index (χ4n) is 11.0. The highest BCUT2D eigenvalue weighted by atomic mass is 16.3. The van der Waals surface area contributed by atoms with E-state index in [1.54, 1.807) is 12.1 Å². The Morgan fingerprint density at radius 2 is 0.879 bits per heavy atom. The van der Waals surface area contributed by atoms with E-state index < -0.39 is 24.5 Å². The van der Waals surface area contributed by atoms with Crippen LogP contribution < -0.4 is 4.90 Å². The Balaban J connectivity index is 1.03. The number of fused-ring (bicyclic) bond motifs is 9. The van der Waals surface area contributed by atoms with Gasteiger partial charge in [-0.15, -0.1) is 0 Å². The van der Waals surface area contributed by atoms with Crippen molar-refractivity contribution in [2.45, 2.75) is 24.5 Å². The normalized spacial score (nSPS) is 17.0. The quantitative estimate of drug-likeness (QED) is 0.159. The number of benzene rings is 10. The van der Waals surface area contributed by atoms with Crippen molar-refractivity contribution in [2.24, 2.45) is 0 Å². The van der Waals surface area contributed by atoms with E-state index in [9.17, 15) is 0 Å². The molecule has 66 heavy (non-hydrogen) atoms. The number of rotatable bonds is 7. The van der Waals surface area contributed by atoms with Crippen LogP contribution in [-0.2, 0) is 10.8 Å². The second-order valence-electron chi connectivity index (χ2n) is 17.5. The van der Waals surface area contributed by atoms with Gasteiger partial charge in [-0.2, -0.15) is 0 Å². The van der Waals surface area contributed by atoms with Crippen LogP contribution in [-0.4, -0.2) is 0 Å². The van der Waals surface area contributed by atoms with Gasteiger partial charge in [-0.05, 0) is 115 Å². The van der Waals surface area contributed by atoms with E-state index in [1.807, 2.05) is 66.7 Å². The molecular weight excluding hydrogens is 799 g/mol. The van der Waals surface area contributed by atoms with E-state index in [0.717, 1.165) is 88.9 Å². The van der Waals surface area contributed by atoms with Crippen LogP contribution >= 0.6 is 0 Å². The van der Waals surface area contributed by atoms with E-state index in [1.165, 1.54) is 0 Å². The summed E-state index contributed by atoms with van der Waals surface area (Å²) in [5, 5.41) is 2.16. The standard InChI is InChI=1S/C64H45NO/c1-63(2)57-25-12-9-20-51(57)53-38-36-48(40-59(53)63)65(47-34-30-43(31-35-47)42-16-5-3-6-17-42)49-37-39-54-52-21-10-13-26-58(52)64(60(54)41-49,45-18-7-4-8-19-45)46-32-28-44(29-33-46)50-23-15-24-56-55-22-11-14-27-61(55)66-62(50)56/h3-41H,1-2H3/i1D3,2D3. The van der Waals surface area contributed by atoms with Gasteiger partial charge in [0.2, 0.25) is 0 Å². The minimum atomic E-state index is -2.91. The van der Waals surface area contributed by atoms with E-state index >= 15 is 0 Å². The van der Waals surface area contributed by atoms with Gasteiger partial charge in [-0.25, -0.2) is 0 Å². The Bertz CT molecular complexity index is 3880. The smallest absolute Gasteiger partial charge is 0.143 e. The Morgan fingerprint density at radius 1 is 0.364 bits per heavy atom. The SMILES string of the molecule is [2H]C([2H])([2H])C1(C([2H])([2H])[2H])c2ccccc2-c2ccc(N(c3ccc(-c4ccccc4)cc3)c3ccc4c(c3)C(c3ccccc3)(c3ccc(-c5cccc6c5oc5ccccc56)cc3)c3ccccc3-4)cc21. The zero-order chi connectivity index (χ0) is 49.0. The molecule has 1 aromatic heterocycles. The average molecular weight is 850 g/mol. The Labute approximate surface area is 394 Å². The first-order valence-corrected chi connectivity index (χ1v) is 22.5. The maximum Gasteiger partial charge on any atom is 0.143 e. The number of hydrogen-bond donors (Lipinski definition) is 0. The van der Waals surface area contributed by atoms with Gasteiger partial charge in [0.15, 0.2) is 0 Å². The first-order valence-electron chi connectivity index (χ1n) is 25.5. The molecule has 10 aromatic carbocycles. The van der Waals surface area contributed by atoms with Crippen molar-refractivity contribution in [3.63, 3.8) is 0 Å². The predicted molar refractivity (Wildman–Crippen MR) is 274 cm³/mol. The second kappa shape index (κ2) is 14.7. The van der Waals surface area contributed by atoms with Crippen molar-refractivity contribution in [3.8, 4) is 44.5 Å². The summed E-state index contributed by atoms with van der Waals surface area (Å²) in [5.41, 5.74) is 13.6. The molecule has 2 aliphatic rings. The van der Waals surface area contributed by atoms with Crippen molar-refractivity contribution in [1.82, 2.24) is 0 Å². The highest BCUT2D eigenvalue weighted by Crippen LogP contribution is 2.58. The minimum Gasteiger partial charge on any atom is -0.455 e. The van der Waals surface area contributed by atoms with Crippen molar-refractivity contribution < 1.29 is 12.6 Å². The fourth-order valence-corrected chi connectivity index (χ4v) is 11.0. The molecule has 0 aliphatic heterocycles. The molecular formula is C64H45NO. The van der Waals surface area contributed by atoms with Gasteiger partial charge in [0.25, 0.3) is 0 Å². The Kier molecular flexibility index (Phi) is 7.21. The van der Waals surface area contributed by atoms with Crippen molar-refractivity contribution in [1.29, 1.82) is 0 Å². The van der Waals surface area contributed by atoms with Crippen LogP contribution in [0.4, 0.5) is 17.1 Å². The molecule has 1 atom stereocenters. The van der Waals surface area contributed by atoms with Gasteiger partial charge < -0.3 is 9.32 Å². The zero-order valence-electron chi connectivity index (χ0n) is 41.9. The summed E-state index contributed by atoms with van der Waals surface area (Å²) < 4.78 is 60.7.